The molecule has 0 atom stereocenters. The largest absolute Gasteiger partial charge is 0.394 e. The molecule has 1 aliphatic rings. The number of rotatable bonds is 6. The second-order valence-corrected chi connectivity index (χ2v) is 3.61. The Morgan fingerprint density at radius 2 is 1.56 bits per heavy atom. The van der Waals surface area contributed by atoms with Crippen LogP contribution >= 0.6 is 0 Å². The van der Waals surface area contributed by atoms with Crippen molar-refractivity contribution in [2.45, 2.75) is 20.8 Å². The van der Waals surface area contributed by atoms with Crippen molar-refractivity contribution in [1.29, 1.82) is 0 Å². The number of hydrogen-bond acceptors (Lipinski definition) is 4. The summed E-state index contributed by atoms with van der Waals surface area (Å²) in [6.45, 7) is 14.4. The molecule has 1 saturated heterocycles. The maximum atomic E-state index is 8.52. The average molecular weight is 232 g/mol. The first-order valence-corrected chi connectivity index (χ1v) is 6.50. The van der Waals surface area contributed by atoms with E-state index < -0.39 is 0 Å². The molecule has 0 spiro atoms. The molecule has 0 bridgehead atoms. The minimum Gasteiger partial charge on any atom is -0.394 e. The van der Waals surface area contributed by atoms with E-state index in [2.05, 4.69) is 16.7 Å². The van der Waals surface area contributed by atoms with Gasteiger partial charge in [0, 0.05) is 32.7 Å². The van der Waals surface area contributed by atoms with Crippen molar-refractivity contribution in [3.05, 3.63) is 0 Å². The van der Waals surface area contributed by atoms with Gasteiger partial charge in [-0.15, -0.1) is 0 Å². The lowest BCUT2D eigenvalue weighted by atomic mass is 10.3. The monoisotopic (exact) mass is 232 g/mol. The summed E-state index contributed by atoms with van der Waals surface area (Å²) >= 11 is 0. The van der Waals surface area contributed by atoms with E-state index in [0.717, 1.165) is 32.8 Å². The van der Waals surface area contributed by atoms with Crippen molar-refractivity contribution in [2.75, 3.05) is 59.1 Å². The molecule has 98 valence electrons. The maximum Gasteiger partial charge on any atom is 0.0698 e. The Morgan fingerprint density at radius 1 is 1.00 bits per heavy atom. The maximum absolute atomic E-state index is 8.52. The predicted molar refractivity (Wildman–Crippen MR) is 67.8 cm³/mol. The van der Waals surface area contributed by atoms with Gasteiger partial charge in [0.2, 0.25) is 0 Å². The predicted octanol–water partition coefficient (Wildman–Crippen LogP) is 0.659. The van der Waals surface area contributed by atoms with Gasteiger partial charge in [-0.3, -0.25) is 4.90 Å². The van der Waals surface area contributed by atoms with Crippen LogP contribution in [-0.2, 0) is 4.74 Å². The molecule has 1 heterocycles. The lowest BCUT2D eigenvalue weighted by Crippen LogP contribution is -2.47. The second kappa shape index (κ2) is 11.3. The summed E-state index contributed by atoms with van der Waals surface area (Å²) in [5, 5.41) is 8.52. The third kappa shape index (κ3) is 7.17. The number of ether oxygens (including phenoxy) is 1. The fourth-order valence-corrected chi connectivity index (χ4v) is 1.69. The Balaban J connectivity index is 0.00000106. The highest BCUT2D eigenvalue weighted by Crippen LogP contribution is 2.00. The summed E-state index contributed by atoms with van der Waals surface area (Å²) < 4.78 is 5.23. The molecule has 0 aromatic rings. The number of likely N-dealkylation sites (N-methyl/N-ethyl adjacent to an activating group) is 1. The van der Waals surface area contributed by atoms with Gasteiger partial charge in [-0.25, -0.2) is 0 Å². The summed E-state index contributed by atoms with van der Waals surface area (Å²) in [5.41, 5.74) is 0. The molecule has 0 aromatic carbocycles. The quantitative estimate of drug-likeness (QED) is 0.683. The van der Waals surface area contributed by atoms with Crippen molar-refractivity contribution in [3.63, 3.8) is 0 Å². The third-order valence-corrected chi connectivity index (χ3v) is 2.70. The normalized spacial score (nSPS) is 18.0. The molecular formula is C12H28N2O2. The number of nitrogens with zero attached hydrogens (tertiary/aromatic N) is 2. The molecule has 1 fully saturated rings. The molecule has 0 aromatic heterocycles. The van der Waals surface area contributed by atoms with Crippen LogP contribution in [0.15, 0.2) is 0 Å². The molecule has 1 aliphatic heterocycles. The molecule has 0 unspecified atom stereocenters. The molecule has 0 aliphatic carbocycles. The van der Waals surface area contributed by atoms with Gasteiger partial charge in [0.05, 0.1) is 19.8 Å². The van der Waals surface area contributed by atoms with Gasteiger partial charge in [0.25, 0.3) is 0 Å². The van der Waals surface area contributed by atoms with Gasteiger partial charge >= 0.3 is 0 Å². The van der Waals surface area contributed by atoms with Crippen LogP contribution in [-0.4, -0.2) is 74.0 Å². The summed E-state index contributed by atoms with van der Waals surface area (Å²) in [7, 11) is 0. The van der Waals surface area contributed by atoms with E-state index in [9.17, 15) is 0 Å². The number of aliphatic hydroxyl groups is 1. The Kier molecular flexibility index (Phi) is 11.2. The van der Waals surface area contributed by atoms with E-state index in [1.54, 1.807) is 0 Å². The molecule has 4 nitrogen and oxygen atoms in total. The van der Waals surface area contributed by atoms with Gasteiger partial charge in [-0.2, -0.15) is 0 Å². The van der Waals surface area contributed by atoms with Crippen molar-refractivity contribution < 1.29 is 9.84 Å². The minimum atomic E-state index is 0.129. The van der Waals surface area contributed by atoms with Gasteiger partial charge in [0.15, 0.2) is 0 Å². The molecule has 0 saturated carbocycles. The van der Waals surface area contributed by atoms with Crippen LogP contribution in [0.4, 0.5) is 0 Å². The Labute approximate surface area is 100 Å². The van der Waals surface area contributed by atoms with Crippen LogP contribution in [0.3, 0.4) is 0 Å². The number of aliphatic hydroxyl groups excluding tert-OH is 1. The van der Waals surface area contributed by atoms with Crippen molar-refractivity contribution in [1.82, 2.24) is 9.80 Å². The van der Waals surface area contributed by atoms with E-state index in [-0.39, 0.29) is 6.61 Å². The van der Waals surface area contributed by atoms with Crippen LogP contribution in [0.5, 0.6) is 0 Å². The smallest absolute Gasteiger partial charge is 0.0698 e. The van der Waals surface area contributed by atoms with Crippen LogP contribution < -0.4 is 0 Å². The topological polar surface area (TPSA) is 35.9 Å². The molecule has 4 heteroatoms. The second-order valence-electron chi connectivity index (χ2n) is 3.61. The fourth-order valence-electron chi connectivity index (χ4n) is 1.69. The van der Waals surface area contributed by atoms with Crippen LogP contribution in [0.1, 0.15) is 20.8 Å². The van der Waals surface area contributed by atoms with Crippen LogP contribution in [0.2, 0.25) is 0 Å². The van der Waals surface area contributed by atoms with Crippen molar-refractivity contribution in [3.8, 4) is 0 Å². The molecular weight excluding hydrogens is 204 g/mol. The van der Waals surface area contributed by atoms with Crippen molar-refractivity contribution in [2.24, 2.45) is 0 Å². The van der Waals surface area contributed by atoms with Gasteiger partial charge in [-0.1, -0.05) is 20.8 Å². The first-order chi connectivity index (χ1) is 7.86. The Bertz CT molecular complexity index is 137. The Hall–Kier alpha value is -0.160. The highest BCUT2D eigenvalue weighted by molar-refractivity contribution is 4.70. The molecule has 0 radical (unpaired) electrons. The first-order valence-electron chi connectivity index (χ1n) is 6.50. The van der Waals surface area contributed by atoms with E-state index in [4.69, 9.17) is 9.84 Å². The lowest BCUT2D eigenvalue weighted by molar-refractivity contribution is 0.0585. The zero-order valence-corrected chi connectivity index (χ0v) is 11.1. The highest BCUT2D eigenvalue weighted by Gasteiger charge is 2.14. The minimum absolute atomic E-state index is 0.129. The fraction of sp³-hybridized carbons (Fsp3) is 1.00. The van der Waals surface area contributed by atoms with Crippen LogP contribution in [0.25, 0.3) is 0 Å². The summed E-state index contributed by atoms with van der Waals surface area (Å²) in [6.07, 6.45) is 0. The standard InChI is InChI=1S/C10H22N2O2.C2H6/c1-2-11-3-5-12(6-4-11)7-9-14-10-8-13;1-2/h13H,2-10H2,1H3;1-2H3. The van der Waals surface area contributed by atoms with Gasteiger partial charge < -0.3 is 14.7 Å². The highest BCUT2D eigenvalue weighted by atomic mass is 16.5. The molecule has 16 heavy (non-hydrogen) atoms. The first kappa shape index (κ1) is 15.8. The van der Waals surface area contributed by atoms with Crippen LogP contribution in [0, 0.1) is 0 Å². The molecule has 0 amide bonds. The SMILES string of the molecule is CC.CCN1CCN(CCOCCO)CC1. The van der Waals surface area contributed by atoms with E-state index in [1.165, 1.54) is 13.1 Å². The Morgan fingerprint density at radius 3 is 2.06 bits per heavy atom. The zero-order valence-electron chi connectivity index (χ0n) is 11.1. The summed E-state index contributed by atoms with van der Waals surface area (Å²) in [6, 6.07) is 0. The van der Waals surface area contributed by atoms with Gasteiger partial charge in [-0.05, 0) is 6.54 Å². The van der Waals surface area contributed by atoms with E-state index in [0.29, 0.717) is 6.61 Å². The lowest BCUT2D eigenvalue weighted by Gasteiger charge is -2.33. The number of hydrogen-bond donors (Lipinski definition) is 1. The van der Waals surface area contributed by atoms with E-state index >= 15 is 0 Å². The van der Waals surface area contributed by atoms with Gasteiger partial charge in [0.1, 0.15) is 0 Å². The molecule has 1 N–H and O–H groups in total. The number of piperazine rings is 1. The summed E-state index contributed by atoms with van der Waals surface area (Å²) in [5.74, 6) is 0. The average Bonchev–Trinajstić information content (AvgIpc) is 2.38. The molecule has 1 rings (SSSR count). The van der Waals surface area contributed by atoms with Crippen molar-refractivity contribution >= 4 is 0 Å². The summed E-state index contributed by atoms with van der Waals surface area (Å²) in [4.78, 5) is 4.88. The van der Waals surface area contributed by atoms with E-state index in [1.807, 2.05) is 13.8 Å². The zero-order chi connectivity index (χ0) is 12.2. The third-order valence-electron chi connectivity index (χ3n) is 2.70.